The van der Waals surface area contributed by atoms with E-state index in [4.69, 9.17) is 74.3 Å². The molecule has 0 aromatic heterocycles. The van der Waals surface area contributed by atoms with Crippen LogP contribution in [0.15, 0.2) is 0 Å². The average Bonchev–Trinajstić information content (AvgIpc) is 2.11. The Labute approximate surface area is 150 Å². The van der Waals surface area contributed by atoms with Gasteiger partial charge >= 0.3 is 5.97 Å². The van der Waals surface area contributed by atoms with E-state index in [9.17, 15) is 4.79 Å². The first kappa shape index (κ1) is 21.2. The van der Waals surface area contributed by atoms with Gasteiger partial charge < -0.3 is 4.74 Å². The molecule has 0 radical (unpaired) electrons. The van der Waals surface area contributed by atoms with Crippen LogP contribution in [0.4, 0.5) is 0 Å². The van der Waals surface area contributed by atoms with Gasteiger partial charge in [0.25, 0.3) is 0 Å². The average molecular weight is 407 g/mol. The van der Waals surface area contributed by atoms with Crippen LogP contribution in [0.3, 0.4) is 0 Å². The summed E-state index contributed by atoms with van der Waals surface area (Å²) in [4.78, 5) is 10.9. The van der Waals surface area contributed by atoms with Gasteiger partial charge in [-0.3, -0.25) is 4.79 Å². The molecular weight excluding hydrogens is 389 g/mol. The van der Waals surface area contributed by atoms with Gasteiger partial charge in [0.2, 0.25) is 0 Å². The van der Waals surface area contributed by atoms with E-state index in [1.807, 2.05) is 0 Å². The summed E-state index contributed by atoms with van der Waals surface area (Å²) in [5.41, 5.74) is -0.786. The Morgan fingerprint density at radius 1 is 1.15 bits per heavy atom. The maximum atomic E-state index is 11.6. The lowest BCUT2D eigenvalue weighted by molar-refractivity contribution is -0.145. The number of alkyl halides is 6. The Morgan fingerprint density at radius 3 is 2.05 bits per heavy atom. The minimum Gasteiger partial charge on any atom is -0.466 e. The number of hydrogen-bond acceptors (Lipinski definition) is 2. The van der Waals surface area contributed by atoms with Crippen molar-refractivity contribution in [2.75, 3.05) is 6.61 Å². The molecule has 0 amide bonds. The second kappa shape index (κ2) is 8.17. The highest BCUT2D eigenvalue weighted by atomic mass is 35.5. The molecule has 0 aromatic rings. The Kier molecular flexibility index (Phi) is 8.67. The van der Waals surface area contributed by atoms with Crippen molar-refractivity contribution in [2.45, 2.75) is 53.5 Å². The van der Waals surface area contributed by atoms with Crippen LogP contribution in [-0.2, 0) is 9.53 Å². The third kappa shape index (κ3) is 7.47. The second-order valence-electron chi connectivity index (χ2n) is 5.20. The highest BCUT2D eigenvalue weighted by molar-refractivity contribution is 6.53. The van der Waals surface area contributed by atoms with Gasteiger partial charge in [0.1, 0.15) is 13.5 Å². The van der Waals surface area contributed by atoms with Gasteiger partial charge in [-0.25, -0.2) is 0 Å². The summed E-state index contributed by atoms with van der Waals surface area (Å²) in [6, 6.07) is 0. The van der Waals surface area contributed by atoms with E-state index in [-0.39, 0.29) is 25.2 Å². The van der Waals surface area contributed by atoms with Crippen molar-refractivity contribution < 1.29 is 9.53 Å². The number of rotatable bonds is 8. The van der Waals surface area contributed by atoms with Crippen LogP contribution in [0.2, 0.25) is 0 Å². The molecule has 0 heterocycles. The normalized spacial score (nSPS) is 13.7. The smallest absolute Gasteiger partial charge is 0.306 e. The maximum absolute atomic E-state index is 11.6. The van der Waals surface area contributed by atoms with Gasteiger partial charge in [-0.1, -0.05) is 13.8 Å². The quantitative estimate of drug-likeness (QED) is 0.370. The SMILES string of the molecule is CCOC(=O)CC(C)(C)C(Cl)(Cl)CC(Cl)(Cl)CC(Cl)Cl. The van der Waals surface area contributed by atoms with Crippen LogP contribution in [0.5, 0.6) is 0 Å². The van der Waals surface area contributed by atoms with Crippen LogP contribution in [0.25, 0.3) is 0 Å². The summed E-state index contributed by atoms with van der Waals surface area (Å²) in [7, 11) is 0. The predicted molar refractivity (Wildman–Crippen MR) is 88.6 cm³/mol. The molecule has 0 N–H and O–H groups in total. The fraction of sp³-hybridized carbons (Fsp3) is 0.917. The Balaban J connectivity index is 4.87. The molecule has 120 valence electrons. The van der Waals surface area contributed by atoms with Gasteiger partial charge in [0, 0.05) is 18.3 Å². The lowest BCUT2D eigenvalue weighted by Gasteiger charge is -2.39. The third-order valence-electron chi connectivity index (χ3n) is 2.82. The summed E-state index contributed by atoms with van der Waals surface area (Å²) in [6.45, 7) is 5.50. The molecule has 0 bridgehead atoms. The van der Waals surface area contributed by atoms with Gasteiger partial charge in [-0.15, -0.1) is 69.6 Å². The van der Waals surface area contributed by atoms with E-state index in [1.165, 1.54) is 0 Å². The van der Waals surface area contributed by atoms with Crippen LogP contribution in [-0.4, -0.2) is 26.1 Å². The summed E-state index contributed by atoms with van der Waals surface area (Å²) in [6.07, 6.45) is 0.160. The molecule has 0 aliphatic carbocycles. The first-order chi connectivity index (χ1) is 8.83. The van der Waals surface area contributed by atoms with Crippen LogP contribution in [0.1, 0.15) is 40.0 Å². The predicted octanol–water partition coefficient (Wildman–Crippen LogP) is 5.90. The first-order valence-electron chi connectivity index (χ1n) is 6.02. The first-order valence-corrected chi connectivity index (χ1v) is 8.41. The summed E-state index contributed by atoms with van der Waals surface area (Å²) in [5.74, 6) is -0.384. The van der Waals surface area contributed by atoms with Gasteiger partial charge in [0.05, 0.1) is 13.0 Å². The fourth-order valence-electron chi connectivity index (χ4n) is 1.56. The molecule has 0 unspecified atom stereocenters. The lowest BCUT2D eigenvalue weighted by atomic mass is 9.82. The standard InChI is InChI=1S/C12H18Cl6O2/c1-4-20-9(19)6-10(2,3)12(17,18)7-11(15,16)5-8(13)14/h8H,4-7H2,1-3H3. The van der Waals surface area contributed by atoms with Crippen molar-refractivity contribution in [2.24, 2.45) is 5.41 Å². The monoisotopic (exact) mass is 404 g/mol. The van der Waals surface area contributed by atoms with Gasteiger partial charge in [-0.2, -0.15) is 0 Å². The number of ether oxygens (including phenoxy) is 1. The van der Waals surface area contributed by atoms with Crippen LogP contribution >= 0.6 is 69.6 Å². The van der Waals surface area contributed by atoms with Crippen molar-refractivity contribution in [1.82, 2.24) is 0 Å². The van der Waals surface area contributed by atoms with Crippen molar-refractivity contribution >= 4 is 75.6 Å². The Bertz CT molecular complexity index is 328. The van der Waals surface area contributed by atoms with E-state index < -0.39 is 18.9 Å². The van der Waals surface area contributed by atoms with E-state index in [0.29, 0.717) is 6.61 Å². The molecule has 8 heteroatoms. The topological polar surface area (TPSA) is 26.3 Å². The maximum Gasteiger partial charge on any atom is 0.306 e. The lowest BCUT2D eigenvalue weighted by Crippen LogP contribution is -2.41. The third-order valence-corrected chi connectivity index (χ3v) is 4.99. The highest BCUT2D eigenvalue weighted by Gasteiger charge is 2.48. The van der Waals surface area contributed by atoms with Crippen molar-refractivity contribution in [3.8, 4) is 0 Å². The van der Waals surface area contributed by atoms with Crippen molar-refractivity contribution in [1.29, 1.82) is 0 Å². The molecular formula is C12H18Cl6O2. The zero-order valence-corrected chi connectivity index (χ0v) is 16.0. The van der Waals surface area contributed by atoms with Gasteiger partial charge in [-0.05, 0) is 6.92 Å². The van der Waals surface area contributed by atoms with E-state index in [0.717, 1.165) is 0 Å². The van der Waals surface area contributed by atoms with Crippen molar-refractivity contribution in [3.63, 3.8) is 0 Å². The fourth-order valence-corrected chi connectivity index (χ4v) is 3.98. The molecule has 0 aliphatic rings. The number of halogens is 6. The molecule has 0 atom stereocenters. The number of esters is 1. The summed E-state index contributed by atoms with van der Waals surface area (Å²) >= 11 is 36.3. The van der Waals surface area contributed by atoms with E-state index >= 15 is 0 Å². The van der Waals surface area contributed by atoms with Crippen molar-refractivity contribution in [3.05, 3.63) is 0 Å². The van der Waals surface area contributed by atoms with Crippen LogP contribution < -0.4 is 0 Å². The number of carbonyl (C=O) groups is 1. The molecule has 0 saturated heterocycles. The largest absolute Gasteiger partial charge is 0.466 e. The number of hydrogen-bond donors (Lipinski definition) is 0. The summed E-state index contributed by atoms with van der Waals surface area (Å²) < 4.78 is 2.27. The second-order valence-corrected chi connectivity index (χ2v) is 9.60. The highest BCUT2D eigenvalue weighted by Crippen LogP contribution is 2.51. The molecule has 2 nitrogen and oxygen atoms in total. The molecule has 0 aliphatic heterocycles. The van der Waals surface area contributed by atoms with E-state index in [1.54, 1.807) is 20.8 Å². The molecule has 20 heavy (non-hydrogen) atoms. The minimum atomic E-state index is -1.34. The Morgan fingerprint density at radius 2 is 1.65 bits per heavy atom. The van der Waals surface area contributed by atoms with Crippen LogP contribution in [0, 0.1) is 5.41 Å². The molecule has 0 saturated carbocycles. The van der Waals surface area contributed by atoms with Gasteiger partial charge in [0.15, 0.2) is 0 Å². The zero-order chi connectivity index (χ0) is 16.2. The zero-order valence-electron chi connectivity index (χ0n) is 11.5. The van der Waals surface area contributed by atoms with E-state index in [2.05, 4.69) is 0 Å². The minimum absolute atomic E-state index is 0.00850. The molecule has 0 aromatic carbocycles. The molecule has 0 fully saturated rings. The summed E-state index contributed by atoms with van der Waals surface area (Å²) in [5, 5.41) is 0. The molecule has 0 rings (SSSR count). The number of carbonyl (C=O) groups excluding carboxylic acids is 1. The molecule has 0 spiro atoms. The Hall–Kier alpha value is 1.21.